The molecule has 0 saturated heterocycles. The molecule has 0 bridgehead atoms. The highest BCUT2D eigenvalue weighted by molar-refractivity contribution is 7.89. The van der Waals surface area contributed by atoms with Gasteiger partial charge in [-0.3, -0.25) is 14.9 Å². The van der Waals surface area contributed by atoms with E-state index in [0.29, 0.717) is 23.2 Å². The Hall–Kier alpha value is -3.79. The van der Waals surface area contributed by atoms with Crippen molar-refractivity contribution in [3.8, 4) is 10.4 Å². The Labute approximate surface area is 200 Å². The molecule has 5 rings (SSSR count). The van der Waals surface area contributed by atoms with Crippen LogP contribution in [0, 0.1) is 0 Å². The van der Waals surface area contributed by atoms with Crippen LogP contribution in [0.5, 0.6) is 0 Å². The molecular formula is C25H19N3O4S2. The summed E-state index contributed by atoms with van der Waals surface area (Å²) in [5.74, 6) is -0.915. The number of benzene rings is 3. The zero-order chi connectivity index (χ0) is 23.9. The summed E-state index contributed by atoms with van der Waals surface area (Å²) in [4.78, 5) is 26.1. The van der Waals surface area contributed by atoms with Gasteiger partial charge in [0.2, 0.25) is 10.0 Å². The molecular weight excluding hydrogens is 470 g/mol. The Morgan fingerprint density at radius 3 is 2.41 bits per heavy atom. The van der Waals surface area contributed by atoms with Gasteiger partial charge in [0.1, 0.15) is 0 Å². The first-order valence-electron chi connectivity index (χ1n) is 10.3. The van der Waals surface area contributed by atoms with E-state index in [-0.39, 0.29) is 4.90 Å². The van der Waals surface area contributed by atoms with E-state index in [2.05, 4.69) is 28.8 Å². The predicted octanol–water partition coefficient (Wildman–Crippen LogP) is 3.62. The zero-order valence-corrected chi connectivity index (χ0v) is 19.4. The van der Waals surface area contributed by atoms with Gasteiger partial charge in [-0.05, 0) is 52.9 Å². The van der Waals surface area contributed by atoms with Crippen molar-refractivity contribution in [2.45, 2.75) is 11.4 Å². The average molecular weight is 490 g/mol. The lowest BCUT2D eigenvalue weighted by atomic mass is 9.93. The first kappa shape index (κ1) is 22.0. The summed E-state index contributed by atoms with van der Waals surface area (Å²) < 4.78 is 24.0. The van der Waals surface area contributed by atoms with Gasteiger partial charge in [-0.15, -0.1) is 11.3 Å². The molecule has 0 radical (unpaired) electrons. The Morgan fingerprint density at radius 1 is 0.912 bits per heavy atom. The smallest absolute Gasteiger partial charge is 0.260 e. The molecule has 2 amide bonds. The summed E-state index contributed by atoms with van der Waals surface area (Å²) in [6.45, 7) is 0.348. The zero-order valence-electron chi connectivity index (χ0n) is 17.7. The van der Waals surface area contributed by atoms with Crippen LogP contribution in [0.3, 0.4) is 0 Å². The molecule has 9 heteroatoms. The number of fused-ring (bicyclic) bond motifs is 2. The molecule has 0 fully saturated rings. The minimum Gasteiger partial charge on any atom is -0.386 e. The molecule has 0 atom stereocenters. The van der Waals surface area contributed by atoms with E-state index >= 15 is 0 Å². The molecule has 0 spiro atoms. The van der Waals surface area contributed by atoms with Crippen molar-refractivity contribution in [1.29, 1.82) is 0 Å². The van der Waals surface area contributed by atoms with E-state index in [4.69, 9.17) is 5.14 Å². The maximum absolute atomic E-state index is 12.6. The van der Waals surface area contributed by atoms with Crippen molar-refractivity contribution in [1.82, 2.24) is 10.6 Å². The van der Waals surface area contributed by atoms with Gasteiger partial charge in [0.15, 0.2) is 0 Å². The number of carbonyl (C=O) groups excluding carboxylic acids is 2. The Morgan fingerprint density at radius 2 is 1.68 bits per heavy atom. The van der Waals surface area contributed by atoms with E-state index in [9.17, 15) is 18.0 Å². The number of hydrogen-bond acceptors (Lipinski definition) is 6. The highest BCUT2D eigenvalue weighted by Gasteiger charge is 2.27. The van der Waals surface area contributed by atoms with Crippen molar-refractivity contribution in [2.75, 3.05) is 0 Å². The summed E-state index contributed by atoms with van der Waals surface area (Å²) >= 11 is 1.65. The summed E-state index contributed by atoms with van der Waals surface area (Å²) in [5.41, 5.74) is 3.05. The number of thiophene rings is 1. The van der Waals surface area contributed by atoms with Gasteiger partial charge < -0.3 is 5.32 Å². The van der Waals surface area contributed by atoms with Crippen molar-refractivity contribution in [3.05, 3.63) is 95.7 Å². The summed E-state index contributed by atoms with van der Waals surface area (Å²) in [6.07, 6.45) is 1.57. The van der Waals surface area contributed by atoms with Crippen LogP contribution in [0.15, 0.2) is 83.9 Å². The number of nitrogens with two attached hydrogens (primary N) is 1. The summed E-state index contributed by atoms with van der Waals surface area (Å²) in [5, 5.41) is 11.7. The van der Waals surface area contributed by atoms with Gasteiger partial charge in [-0.2, -0.15) is 0 Å². The molecule has 34 heavy (non-hydrogen) atoms. The van der Waals surface area contributed by atoms with Crippen molar-refractivity contribution in [2.24, 2.45) is 5.14 Å². The van der Waals surface area contributed by atoms with Crippen molar-refractivity contribution in [3.63, 3.8) is 0 Å². The fourth-order valence-electron chi connectivity index (χ4n) is 3.81. The predicted molar refractivity (Wildman–Crippen MR) is 132 cm³/mol. The first-order chi connectivity index (χ1) is 16.3. The van der Waals surface area contributed by atoms with Gasteiger partial charge >= 0.3 is 0 Å². The van der Waals surface area contributed by atoms with Crippen LogP contribution in [0.4, 0.5) is 0 Å². The van der Waals surface area contributed by atoms with Crippen molar-refractivity contribution >= 4 is 48.8 Å². The first-order valence-corrected chi connectivity index (χ1v) is 12.7. The van der Waals surface area contributed by atoms with E-state index in [1.165, 1.54) is 12.1 Å². The number of hydrogen-bond donors (Lipinski definition) is 3. The lowest BCUT2D eigenvalue weighted by molar-refractivity contribution is -0.114. The molecule has 0 saturated carbocycles. The molecule has 1 aliphatic rings. The van der Waals surface area contributed by atoms with E-state index in [1.807, 2.05) is 24.3 Å². The summed E-state index contributed by atoms with van der Waals surface area (Å²) in [6, 6.07) is 21.8. The highest BCUT2D eigenvalue weighted by Crippen LogP contribution is 2.36. The van der Waals surface area contributed by atoms with Crippen LogP contribution in [0.1, 0.15) is 21.5 Å². The largest absolute Gasteiger partial charge is 0.386 e. The maximum Gasteiger partial charge on any atom is 0.260 e. The molecule has 3 aromatic carbocycles. The molecule has 4 N–H and O–H groups in total. The van der Waals surface area contributed by atoms with Gasteiger partial charge in [-0.25, -0.2) is 13.6 Å². The van der Waals surface area contributed by atoms with E-state index in [1.54, 1.807) is 35.7 Å². The molecule has 0 unspecified atom stereocenters. The number of carbonyl (C=O) groups is 2. The number of nitrogens with one attached hydrogen (secondary N) is 2. The van der Waals surface area contributed by atoms with Crippen LogP contribution < -0.4 is 15.8 Å². The van der Waals surface area contributed by atoms with E-state index in [0.717, 1.165) is 26.1 Å². The number of primary sulfonamides is 1. The average Bonchev–Trinajstić information content (AvgIpc) is 3.25. The standard InChI is InChI=1S/C25H19N3O4S2/c26-34(31,32)18-8-5-15(6-9-18)13-27-14-21-20-11-17(7-10-19(20)24(29)28-25(21)30)23-12-16-3-1-2-4-22(16)33-23/h1-12,14,27H,13H2,(H2,26,31,32)(H,28,29,30). The van der Waals surface area contributed by atoms with Gasteiger partial charge in [-0.1, -0.05) is 36.4 Å². The number of rotatable bonds is 5. The van der Waals surface area contributed by atoms with Crippen LogP contribution in [-0.2, 0) is 21.4 Å². The number of imide groups is 1. The van der Waals surface area contributed by atoms with Crippen LogP contribution in [0.25, 0.3) is 26.1 Å². The fraction of sp³-hybridized carbons (Fsp3) is 0.0400. The van der Waals surface area contributed by atoms with Crippen LogP contribution in [-0.4, -0.2) is 20.2 Å². The lowest BCUT2D eigenvalue weighted by Crippen LogP contribution is -2.37. The Balaban J connectivity index is 1.45. The van der Waals surface area contributed by atoms with Crippen LogP contribution in [0.2, 0.25) is 0 Å². The second-order valence-electron chi connectivity index (χ2n) is 7.82. The highest BCUT2D eigenvalue weighted by atomic mass is 32.2. The van der Waals surface area contributed by atoms with E-state index < -0.39 is 21.8 Å². The van der Waals surface area contributed by atoms with Crippen LogP contribution >= 0.6 is 11.3 Å². The lowest BCUT2D eigenvalue weighted by Gasteiger charge is -2.19. The maximum atomic E-state index is 12.6. The molecule has 1 aliphatic heterocycles. The van der Waals surface area contributed by atoms with Gasteiger partial charge in [0.05, 0.1) is 10.5 Å². The fourth-order valence-corrected chi connectivity index (χ4v) is 5.39. The second-order valence-corrected chi connectivity index (χ2v) is 10.5. The normalized spacial score (nSPS) is 14.8. The minimum atomic E-state index is -3.76. The van der Waals surface area contributed by atoms with Gasteiger partial charge in [0.25, 0.3) is 11.8 Å². The second kappa shape index (κ2) is 8.53. The molecule has 1 aromatic heterocycles. The molecule has 170 valence electrons. The third-order valence-electron chi connectivity index (χ3n) is 5.54. The SMILES string of the molecule is NS(=O)(=O)c1ccc(CNC=C2C(=O)NC(=O)c3ccc(-c4cc5ccccc5s4)cc32)cc1. The monoisotopic (exact) mass is 489 g/mol. The minimum absolute atomic E-state index is 0.0301. The number of amides is 2. The molecule has 7 nitrogen and oxygen atoms in total. The molecule has 2 heterocycles. The molecule has 4 aromatic rings. The van der Waals surface area contributed by atoms with Gasteiger partial charge in [0, 0.05) is 33.4 Å². The third-order valence-corrected chi connectivity index (χ3v) is 7.63. The van der Waals surface area contributed by atoms with Crippen molar-refractivity contribution < 1.29 is 18.0 Å². The number of sulfonamides is 1. The summed E-state index contributed by atoms with van der Waals surface area (Å²) in [7, 11) is -3.76. The topological polar surface area (TPSA) is 118 Å². The Kier molecular flexibility index (Phi) is 5.52. The third kappa shape index (κ3) is 4.24. The molecule has 0 aliphatic carbocycles. The Bertz CT molecular complexity index is 1550. The quantitative estimate of drug-likeness (QED) is 0.292.